The highest BCUT2D eigenvalue weighted by Crippen LogP contribution is 2.39. The van der Waals surface area contributed by atoms with E-state index in [1.54, 1.807) is 0 Å². The molecule has 2 aromatic carbocycles. The molecule has 138 valence electrons. The molecule has 4 nitrogen and oxygen atoms in total. The Morgan fingerprint density at radius 3 is 2.54 bits per heavy atom. The fourth-order valence-electron chi connectivity index (χ4n) is 4.95. The fourth-order valence-corrected chi connectivity index (χ4v) is 4.95. The van der Waals surface area contributed by atoms with Gasteiger partial charge in [0, 0.05) is 19.6 Å². The van der Waals surface area contributed by atoms with E-state index < -0.39 is 0 Å². The molecule has 1 spiro atoms. The third kappa shape index (κ3) is 2.81. The number of hydrogen-bond acceptors (Lipinski definition) is 3. The first-order valence-electron chi connectivity index (χ1n) is 9.78. The van der Waals surface area contributed by atoms with E-state index in [0.29, 0.717) is 6.54 Å². The van der Waals surface area contributed by atoms with Gasteiger partial charge in [-0.15, -0.1) is 0 Å². The second kappa shape index (κ2) is 7.01. The minimum absolute atomic E-state index is 0.0461. The van der Waals surface area contributed by atoms with Gasteiger partial charge < -0.3 is 10.0 Å². The highest BCUT2D eigenvalue weighted by molar-refractivity contribution is 5.89. The van der Waals surface area contributed by atoms with Crippen LogP contribution in [0.2, 0.25) is 0 Å². The Kier molecular flexibility index (Phi) is 4.72. The standard InChI is InChI=1S/C22H28N2O2/c1-17-8-9-18(20-7-3-2-6-19(17)20)16-24-13-5-11-22(24)10-4-12-23(14-15-25)21(22)26/h2-3,6-9,25H,4-5,10-16H2,1H3. The summed E-state index contributed by atoms with van der Waals surface area (Å²) in [6, 6.07) is 13.0. The van der Waals surface area contributed by atoms with Crippen LogP contribution in [0.1, 0.15) is 36.8 Å². The van der Waals surface area contributed by atoms with E-state index >= 15 is 0 Å². The van der Waals surface area contributed by atoms with Crippen LogP contribution in [0.15, 0.2) is 36.4 Å². The Hall–Kier alpha value is -1.91. The Balaban J connectivity index is 1.66. The molecule has 4 heteroatoms. The number of amides is 1. The lowest BCUT2D eigenvalue weighted by atomic mass is 9.85. The minimum atomic E-state index is -0.362. The van der Waals surface area contributed by atoms with Crippen molar-refractivity contribution in [3.8, 4) is 0 Å². The number of aliphatic hydroxyl groups excluding tert-OH is 1. The number of likely N-dealkylation sites (tertiary alicyclic amines) is 2. The first-order valence-corrected chi connectivity index (χ1v) is 9.78. The monoisotopic (exact) mass is 352 g/mol. The molecule has 0 saturated carbocycles. The van der Waals surface area contributed by atoms with Crippen LogP contribution in [0.25, 0.3) is 10.8 Å². The highest BCUT2D eigenvalue weighted by atomic mass is 16.3. The van der Waals surface area contributed by atoms with E-state index in [2.05, 4.69) is 48.2 Å². The number of carbonyl (C=O) groups is 1. The zero-order chi connectivity index (χ0) is 18.1. The van der Waals surface area contributed by atoms with Crippen molar-refractivity contribution in [3.05, 3.63) is 47.5 Å². The van der Waals surface area contributed by atoms with Crippen molar-refractivity contribution in [2.24, 2.45) is 0 Å². The van der Waals surface area contributed by atoms with Gasteiger partial charge in [0.05, 0.1) is 6.61 Å². The second-order valence-corrected chi connectivity index (χ2v) is 7.76. The van der Waals surface area contributed by atoms with Crippen molar-refractivity contribution in [1.82, 2.24) is 9.80 Å². The number of nitrogens with zero attached hydrogens (tertiary/aromatic N) is 2. The molecule has 2 fully saturated rings. The number of rotatable bonds is 4. The average molecular weight is 352 g/mol. The van der Waals surface area contributed by atoms with Gasteiger partial charge in [0.15, 0.2) is 0 Å². The highest BCUT2D eigenvalue weighted by Gasteiger charge is 2.50. The first-order chi connectivity index (χ1) is 12.7. The molecule has 0 aliphatic carbocycles. The summed E-state index contributed by atoms with van der Waals surface area (Å²) in [5.74, 6) is 0.228. The zero-order valence-corrected chi connectivity index (χ0v) is 15.6. The summed E-state index contributed by atoms with van der Waals surface area (Å²) in [6.07, 6.45) is 3.98. The van der Waals surface area contributed by atoms with Crippen LogP contribution in [0, 0.1) is 6.92 Å². The van der Waals surface area contributed by atoms with Crippen molar-refractivity contribution in [1.29, 1.82) is 0 Å². The molecule has 2 saturated heterocycles. The van der Waals surface area contributed by atoms with Crippen LogP contribution < -0.4 is 0 Å². The fraction of sp³-hybridized carbons (Fsp3) is 0.500. The van der Waals surface area contributed by atoms with E-state index in [1.807, 2.05) is 4.90 Å². The van der Waals surface area contributed by atoms with E-state index in [4.69, 9.17) is 0 Å². The lowest BCUT2D eigenvalue weighted by Gasteiger charge is -2.44. The van der Waals surface area contributed by atoms with Gasteiger partial charge in [-0.3, -0.25) is 9.69 Å². The molecular weight excluding hydrogens is 324 g/mol. The van der Waals surface area contributed by atoms with Crippen LogP contribution >= 0.6 is 0 Å². The maximum Gasteiger partial charge on any atom is 0.243 e. The first kappa shape index (κ1) is 17.5. The number of β-amino-alcohol motifs (C(OH)–C–C–N with tert-alkyl or cyclic N) is 1. The van der Waals surface area contributed by atoms with E-state index in [0.717, 1.165) is 45.3 Å². The minimum Gasteiger partial charge on any atom is -0.395 e. The van der Waals surface area contributed by atoms with Crippen molar-refractivity contribution in [2.75, 3.05) is 26.2 Å². The number of benzene rings is 2. The van der Waals surface area contributed by atoms with Gasteiger partial charge in [0.1, 0.15) is 5.54 Å². The lowest BCUT2D eigenvalue weighted by Crippen LogP contribution is -2.60. The van der Waals surface area contributed by atoms with Crippen LogP contribution in [-0.2, 0) is 11.3 Å². The van der Waals surface area contributed by atoms with Crippen molar-refractivity contribution in [3.63, 3.8) is 0 Å². The van der Waals surface area contributed by atoms with Crippen molar-refractivity contribution >= 4 is 16.7 Å². The predicted molar refractivity (Wildman–Crippen MR) is 104 cm³/mol. The van der Waals surface area contributed by atoms with Gasteiger partial charge in [-0.25, -0.2) is 0 Å². The van der Waals surface area contributed by atoms with Crippen molar-refractivity contribution in [2.45, 2.75) is 44.7 Å². The third-order valence-corrected chi connectivity index (χ3v) is 6.29. The van der Waals surface area contributed by atoms with Gasteiger partial charge in [0.2, 0.25) is 5.91 Å². The van der Waals surface area contributed by atoms with E-state index in [1.165, 1.54) is 21.9 Å². The summed E-state index contributed by atoms with van der Waals surface area (Å²) in [4.78, 5) is 17.5. The maximum absolute atomic E-state index is 13.2. The molecule has 1 N–H and O–H groups in total. The number of fused-ring (bicyclic) bond motifs is 1. The Morgan fingerprint density at radius 2 is 1.77 bits per heavy atom. The average Bonchev–Trinajstić information content (AvgIpc) is 3.05. The van der Waals surface area contributed by atoms with Gasteiger partial charge in [-0.05, 0) is 61.1 Å². The molecule has 4 rings (SSSR count). The lowest BCUT2D eigenvalue weighted by molar-refractivity contribution is -0.148. The molecule has 1 unspecified atom stereocenters. The van der Waals surface area contributed by atoms with E-state index in [9.17, 15) is 9.90 Å². The molecule has 0 bridgehead atoms. The quantitative estimate of drug-likeness (QED) is 0.920. The smallest absolute Gasteiger partial charge is 0.243 e. The molecule has 2 aliphatic heterocycles. The van der Waals surface area contributed by atoms with Crippen LogP contribution in [0.3, 0.4) is 0 Å². The SMILES string of the molecule is Cc1ccc(CN2CCCC23CCCN(CCO)C3=O)c2ccccc12. The van der Waals surface area contributed by atoms with Gasteiger partial charge in [-0.2, -0.15) is 0 Å². The Labute approximate surface area is 155 Å². The van der Waals surface area contributed by atoms with Gasteiger partial charge >= 0.3 is 0 Å². The third-order valence-electron chi connectivity index (χ3n) is 6.29. The summed E-state index contributed by atoms with van der Waals surface area (Å²) in [5.41, 5.74) is 2.24. The molecule has 1 atom stereocenters. The van der Waals surface area contributed by atoms with Gasteiger partial charge in [0.25, 0.3) is 0 Å². The Bertz CT molecular complexity index is 817. The zero-order valence-electron chi connectivity index (χ0n) is 15.6. The van der Waals surface area contributed by atoms with Crippen LogP contribution in [0.4, 0.5) is 0 Å². The second-order valence-electron chi connectivity index (χ2n) is 7.76. The molecule has 1 amide bonds. The van der Waals surface area contributed by atoms with Crippen LogP contribution in [-0.4, -0.2) is 52.6 Å². The number of hydrogen-bond donors (Lipinski definition) is 1. The van der Waals surface area contributed by atoms with Crippen molar-refractivity contribution < 1.29 is 9.90 Å². The van der Waals surface area contributed by atoms with Gasteiger partial charge in [-0.1, -0.05) is 36.4 Å². The largest absolute Gasteiger partial charge is 0.395 e. The molecule has 26 heavy (non-hydrogen) atoms. The number of aliphatic hydroxyl groups is 1. The topological polar surface area (TPSA) is 43.8 Å². The molecular formula is C22H28N2O2. The number of piperidine rings is 1. The molecule has 2 heterocycles. The summed E-state index contributed by atoms with van der Waals surface area (Å²) in [7, 11) is 0. The summed E-state index contributed by atoms with van der Waals surface area (Å²) < 4.78 is 0. The normalized spacial score (nSPS) is 24.1. The molecule has 2 aliphatic rings. The summed E-state index contributed by atoms with van der Waals surface area (Å²) in [5, 5.41) is 11.9. The maximum atomic E-state index is 13.2. The summed E-state index contributed by atoms with van der Waals surface area (Å²) >= 11 is 0. The molecule has 0 radical (unpaired) electrons. The number of aryl methyl sites for hydroxylation is 1. The van der Waals surface area contributed by atoms with Crippen LogP contribution in [0.5, 0.6) is 0 Å². The summed E-state index contributed by atoms with van der Waals surface area (Å²) in [6.45, 7) is 5.23. The molecule has 2 aromatic rings. The molecule has 0 aromatic heterocycles. The Morgan fingerprint density at radius 1 is 1.04 bits per heavy atom. The predicted octanol–water partition coefficient (Wildman–Crippen LogP) is 3.10. The number of carbonyl (C=O) groups excluding carboxylic acids is 1. The van der Waals surface area contributed by atoms with E-state index in [-0.39, 0.29) is 18.1 Å².